The van der Waals surface area contributed by atoms with Crippen LogP contribution >= 0.6 is 11.3 Å². The topological polar surface area (TPSA) is 13.1 Å². The van der Waals surface area contributed by atoms with E-state index >= 15 is 0 Å². The van der Waals surface area contributed by atoms with Gasteiger partial charge in [-0.05, 0) is 79.2 Å². The van der Waals surface area contributed by atoms with Crippen molar-refractivity contribution in [3.8, 4) is 33.4 Å². The molecule has 0 saturated heterocycles. The van der Waals surface area contributed by atoms with E-state index in [1.54, 1.807) is 0 Å². The lowest BCUT2D eigenvalue weighted by Gasteiger charge is -2.19. The molecule has 1 nitrogen and oxygen atoms in total. The Balaban J connectivity index is 1.32. The van der Waals surface area contributed by atoms with E-state index in [2.05, 4.69) is 146 Å². The number of benzene rings is 8. The molecule has 0 saturated carbocycles. The second kappa shape index (κ2) is 9.90. The minimum atomic E-state index is 0.922. The van der Waals surface area contributed by atoms with Gasteiger partial charge in [0.15, 0.2) is 0 Å². The van der Waals surface area contributed by atoms with Crippen molar-refractivity contribution in [2.75, 3.05) is 0 Å². The number of hydrogen-bond donors (Lipinski definition) is 0. The van der Waals surface area contributed by atoms with E-state index in [9.17, 15) is 0 Å². The summed E-state index contributed by atoms with van der Waals surface area (Å²) in [6.45, 7) is 0. The number of para-hydroxylation sites is 1. The minimum Gasteiger partial charge on any atom is -0.456 e. The summed E-state index contributed by atoms with van der Waals surface area (Å²) in [5.41, 5.74) is 9.41. The Bertz CT molecular complexity index is 2740. The standard InChI is InChI=1S/C44H26OS/c1-2-12-27(13-3-1)41-31-15-4-6-17-33(31)42(34-18-7-5-16-32(34)41)36-24-23-29(44-43(36)35-19-9-11-21-40(35)46-44)28-22-25-39-37(26-28)30-14-8-10-20-38(30)45-39/h1-26H. The predicted molar refractivity (Wildman–Crippen MR) is 198 cm³/mol. The lowest BCUT2D eigenvalue weighted by Crippen LogP contribution is -1.91. The van der Waals surface area contributed by atoms with Crippen molar-refractivity contribution in [1.29, 1.82) is 0 Å². The first-order valence-electron chi connectivity index (χ1n) is 15.7. The molecule has 0 aliphatic rings. The van der Waals surface area contributed by atoms with Gasteiger partial charge in [-0.3, -0.25) is 0 Å². The van der Waals surface area contributed by atoms with Crippen molar-refractivity contribution in [2.24, 2.45) is 0 Å². The van der Waals surface area contributed by atoms with E-state index in [0.717, 1.165) is 21.9 Å². The highest BCUT2D eigenvalue weighted by molar-refractivity contribution is 7.26. The molecule has 0 aliphatic heterocycles. The van der Waals surface area contributed by atoms with E-state index in [-0.39, 0.29) is 0 Å². The number of furan rings is 1. The second-order valence-electron chi connectivity index (χ2n) is 12.0. The van der Waals surface area contributed by atoms with E-state index in [0.29, 0.717) is 0 Å². The first-order chi connectivity index (χ1) is 22.8. The number of fused-ring (bicyclic) bond motifs is 8. The molecule has 2 heteroatoms. The van der Waals surface area contributed by atoms with Crippen molar-refractivity contribution in [3.05, 3.63) is 158 Å². The highest BCUT2D eigenvalue weighted by Gasteiger charge is 2.21. The van der Waals surface area contributed by atoms with Crippen LogP contribution in [0.2, 0.25) is 0 Å². The normalized spacial score (nSPS) is 11.9. The summed E-state index contributed by atoms with van der Waals surface area (Å²) in [7, 11) is 0. The maximum absolute atomic E-state index is 6.18. The van der Waals surface area contributed by atoms with Gasteiger partial charge in [0.1, 0.15) is 11.2 Å². The monoisotopic (exact) mass is 602 g/mol. The fourth-order valence-corrected chi connectivity index (χ4v) is 8.76. The Kier molecular flexibility index (Phi) is 5.51. The molecule has 10 rings (SSSR count). The molecule has 2 heterocycles. The van der Waals surface area contributed by atoms with Gasteiger partial charge in [-0.15, -0.1) is 11.3 Å². The summed E-state index contributed by atoms with van der Waals surface area (Å²) in [5.74, 6) is 0. The molecule has 0 aliphatic carbocycles. The number of rotatable bonds is 3. The van der Waals surface area contributed by atoms with Crippen LogP contribution in [-0.4, -0.2) is 0 Å². The summed E-state index contributed by atoms with van der Waals surface area (Å²) < 4.78 is 8.79. The van der Waals surface area contributed by atoms with E-state index in [1.807, 2.05) is 23.5 Å². The van der Waals surface area contributed by atoms with Crippen LogP contribution in [0.4, 0.5) is 0 Å². The number of hydrogen-bond acceptors (Lipinski definition) is 2. The molecule has 0 atom stereocenters. The molecule has 0 fully saturated rings. The van der Waals surface area contributed by atoms with Gasteiger partial charge in [-0.1, -0.05) is 133 Å². The maximum Gasteiger partial charge on any atom is 0.135 e. The van der Waals surface area contributed by atoms with Crippen LogP contribution in [0.3, 0.4) is 0 Å². The van der Waals surface area contributed by atoms with E-state index < -0.39 is 0 Å². The third-order valence-corrected chi connectivity index (χ3v) is 10.7. The van der Waals surface area contributed by atoms with Crippen LogP contribution in [0.15, 0.2) is 162 Å². The molecule has 0 N–H and O–H groups in total. The second-order valence-corrected chi connectivity index (χ2v) is 13.0. The first kappa shape index (κ1) is 25.6. The molecule has 46 heavy (non-hydrogen) atoms. The molecule has 0 radical (unpaired) electrons. The Labute approximate surface area is 269 Å². The van der Waals surface area contributed by atoms with Gasteiger partial charge < -0.3 is 4.42 Å². The largest absolute Gasteiger partial charge is 0.456 e. The van der Waals surface area contributed by atoms with Gasteiger partial charge in [0, 0.05) is 30.9 Å². The molecule has 0 amide bonds. The third kappa shape index (κ3) is 3.68. The summed E-state index contributed by atoms with van der Waals surface area (Å²) in [4.78, 5) is 0. The molecular weight excluding hydrogens is 577 g/mol. The SMILES string of the molecule is c1ccc(-c2c3ccccc3c(-c3ccc(-c4ccc5oc6ccccc6c5c4)c4sc5ccccc5c34)c3ccccc23)cc1. The first-order valence-corrected chi connectivity index (χ1v) is 16.5. The van der Waals surface area contributed by atoms with Crippen molar-refractivity contribution in [2.45, 2.75) is 0 Å². The zero-order valence-corrected chi connectivity index (χ0v) is 25.6. The van der Waals surface area contributed by atoms with Crippen molar-refractivity contribution in [3.63, 3.8) is 0 Å². The van der Waals surface area contributed by atoms with Gasteiger partial charge in [0.2, 0.25) is 0 Å². The molecule has 8 aromatic carbocycles. The summed E-state index contributed by atoms with van der Waals surface area (Å²) in [6.07, 6.45) is 0. The van der Waals surface area contributed by atoms with Gasteiger partial charge in [0.25, 0.3) is 0 Å². The Morgan fingerprint density at radius 2 is 0.935 bits per heavy atom. The lowest BCUT2D eigenvalue weighted by atomic mass is 9.84. The van der Waals surface area contributed by atoms with Crippen LogP contribution in [0.25, 0.3) is 97.0 Å². The molecule has 2 aromatic heterocycles. The molecular formula is C44H26OS. The quantitative estimate of drug-likeness (QED) is 0.183. The summed E-state index contributed by atoms with van der Waals surface area (Å²) in [6, 6.07) is 57.2. The van der Waals surface area contributed by atoms with Crippen LogP contribution in [0, 0.1) is 0 Å². The molecule has 10 aromatic rings. The van der Waals surface area contributed by atoms with Crippen molar-refractivity contribution >= 4 is 75.0 Å². The van der Waals surface area contributed by atoms with Crippen molar-refractivity contribution in [1.82, 2.24) is 0 Å². The van der Waals surface area contributed by atoms with Crippen LogP contribution in [-0.2, 0) is 0 Å². The van der Waals surface area contributed by atoms with E-state index in [4.69, 9.17) is 4.42 Å². The van der Waals surface area contributed by atoms with E-state index in [1.165, 1.54) is 75.1 Å². The maximum atomic E-state index is 6.18. The van der Waals surface area contributed by atoms with Crippen molar-refractivity contribution < 1.29 is 4.42 Å². The minimum absolute atomic E-state index is 0.922. The van der Waals surface area contributed by atoms with Gasteiger partial charge in [-0.2, -0.15) is 0 Å². The number of thiophene rings is 1. The van der Waals surface area contributed by atoms with Gasteiger partial charge in [0.05, 0.1) is 0 Å². The summed E-state index contributed by atoms with van der Waals surface area (Å²) in [5, 5.41) is 10.0. The fourth-order valence-electron chi connectivity index (χ4n) is 7.49. The zero-order chi connectivity index (χ0) is 30.2. The third-order valence-electron chi connectivity index (χ3n) is 9.48. The Morgan fingerprint density at radius 1 is 0.370 bits per heavy atom. The Morgan fingerprint density at radius 3 is 1.67 bits per heavy atom. The smallest absolute Gasteiger partial charge is 0.135 e. The fraction of sp³-hybridized carbons (Fsp3) is 0. The molecule has 214 valence electrons. The molecule has 0 bridgehead atoms. The highest BCUT2D eigenvalue weighted by atomic mass is 32.1. The molecule has 0 spiro atoms. The Hall–Kier alpha value is -5.70. The zero-order valence-electron chi connectivity index (χ0n) is 24.8. The van der Waals surface area contributed by atoms with Crippen LogP contribution < -0.4 is 0 Å². The average molecular weight is 603 g/mol. The molecule has 0 unspecified atom stereocenters. The van der Waals surface area contributed by atoms with Gasteiger partial charge >= 0.3 is 0 Å². The predicted octanol–water partition coefficient (Wildman–Crippen LogP) is 13.3. The lowest BCUT2D eigenvalue weighted by molar-refractivity contribution is 0.669. The highest BCUT2D eigenvalue weighted by Crippen LogP contribution is 2.50. The summed E-state index contributed by atoms with van der Waals surface area (Å²) >= 11 is 1.89. The average Bonchev–Trinajstić information content (AvgIpc) is 3.69. The van der Waals surface area contributed by atoms with Crippen LogP contribution in [0.5, 0.6) is 0 Å². The van der Waals surface area contributed by atoms with Gasteiger partial charge in [-0.25, -0.2) is 0 Å². The van der Waals surface area contributed by atoms with Crippen LogP contribution in [0.1, 0.15) is 0 Å².